The van der Waals surface area contributed by atoms with Crippen LogP contribution < -0.4 is 5.56 Å². The van der Waals surface area contributed by atoms with Crippen LogP contribution in [0.3, 0.4) is 0 Å². The van der Waals surface area contributed by atoms with Gasteiger partial charge in [-0.3, -0.25) is 9.78 Å². The van der Waals surface area contributed by atoms with Crippen LogP contribution in [0.25, 0.3) is 22.6 Å². The Kier molecular flexibility index (Phi) is 3.43. The molecule has 0 aliphatic heterocycles. The van der Waals surface area contributed by atoms with Crippen LogP contribution in [0.4, 0.5) is 0 Å². The molecule has 1 aromatic carbocycles. The van der Waals surface area contributed by atoms with Crippen LogP contribution in [0.1, 0.15) is 0 Å². The number of nitrogens with one attached hydrogen (secondary N) is 1. The van der Waals surface area contributed by atoms with E-state index in [0.29, 0.717) is 11.5 Å². The molecule has 0 atom stereocenters. The van der Waals surface area contributed by atoms with Gasteiger partial charge in [0.25, 0.3) is 5.56 Å². The maximum Gasteiger partial charge on any atom is 0.251 e. The average Bonchev–Trinajstić information content (AvgIpc) is 2.47. The summed E-state index contributed by atoms with van der Waals surface area (Å²) in [6.07, 6.45) is 3.36. The van der Waals surface area contributed by atoms with E-state index in [0.717, 1.165) is 15.6 Å². The highest BCUT2D eigenvalue weighted by atomic mass is 79.9. The minimum atomic E-state index is -0.179. The van der Waals surface area contributed by atoms with E-state index < -0.39 is 0 Å². The van der Waals surface area contributed by atoms with Gasteiger partial charge < -0.3 is 4.98 Å². The lowest BCUT2D eigenvalue weighted by atomic mass is 10.1. The molecule has 0 bridgehead atoms. The molecule has 5 heteroatoms. The lowest BCUT2D eigenvalue weighted by Crippen LogP contribution is -2.08. The second-order valence-electron chi connectivity index (χ2n) is 4.23. The molecule has 4 nitrogen and oxygen atoms in total. The molecule has 3 aromatic rings. The van der Waals surface area contributed by atoms with Crippen molar-refractivity contribution >= 4 is 15.9 Å². The lowest BCUT2D eigenvalue weighted by Gasteiger charge is -2.05. The second kappa shape index (κ2) is 5.38. The summed E-state index contributed by atoms with van der Waals surface area (Å²) in [5, 5.41) is 0. The molecular formula is C15H10BrN3O. The fourth-order valence-electron chi connectivity index (χ4n) is 1.90. The number of aromatic amines is 1. The van der Waals surface area contributed by atoms with E-state index in [2.05, 4.69) is 30.9 Å². The number of hydrogen-bond acceptors (Lipinski definition) is 3. The molecule has 0 amide bonds. The van der Waals surface area contributed by atoms with E-state index in [1.54, 1.807) is 12.4 Å². The third-order valence-electron chi connectivity index (χ3n) is 2.82. The topological polar surface area (TPSA) is 58.6 Å². The predicted octanol–water partition coefficient (Wildman–Crippen LogP) is 3.26. The normalized spacial score (nSPS) is 10.4. The molecule has 0 unspecified atom stereocenters. The summed E-state index contributed by atoms with van der Waals surface area (Å²) in [6, 6.07) is 12.8. The first-order valence-corrected chi connectivity index (χ1v) is 6.79. The number of aromatic nitrogens is 3. The Bertz CT molecular complexity index is 799. The number of nitrogens with zero attached hydrogens (tertiary/aromatic N) is 2. The Hall–Kier alpha value is -2.27. The largest absolute Gasteiger partial charge is 0.306 e. The van der Waals surface area contributed by atoms with Gasteiger partial charge in [-0.15, -0.1) is 0 Å². The fraction of sp³-hybridized carbons (Fsp3) is 0. The molecule has 20 heavy (non-hydrogen) atoms. The van der Waals surface area contributed by atoms with E-state index in [-0.39, 0.29) is 5.56 Å². The summed E-state index contributed by atoms with van der Waals surface area (Å²) in [5.74, 6) is 0.547. The van der Waals surface area contributed by atoms with Gasteiger partial charge in [-0.1, -0.05) is 28.1 Å². The van der Waals surface area contributed by atoms with E-state index in [1.807, 2.05) is 36.4 Å². The van der Waals surface area contributed by atoms with E-state index >= 15 is 0 Å². The monoisotopic (exact) mass is 327 g/mol. The lowest BCUT2D eigenvalue weighted by molar-refractivity contribution is 1.13. The molecule has 0 spiro atoms. The smallest absolute Gasteiger partial charge is 0.251 e. The van der Waals surface area contributed by atoms with Gasteiger partial charge in [-0.05, 0) is 24.3 Å². The zero-order valence-electron chi connectivity index (χ0n) is 10.4. The number of halogens is 1. The first-order valence-electron chi connectivity index (χ1n) is 6.00. The summed E-state index contributed by atoms with van der Waals surface area (Å²) in [4.78, 5) is 23.1. The van der Waals surface area contributed by atoms with Gasteiger partial charge in [0.05, 0.1) is 5.69 Å². The van der Waals surface area contributed by atoms with Crippen LogP contribution >= 0.6 is 15.9 Å². The van der Waals surface area contributed by atoms with Crippen LogP contribution in [0.15, 0.2) is 64.1 Å². The van der Waals surface area contributed by atoms with Gasteiger partial charge in [0, 0.05) is 34.1 Å². The summed E-state index contributed by atoms with van der Waals surface area (Å²) >= 11 is 3.41. The van der Waals surface area contributed by atoms with E-state index in [1.165, 1.54) is 6.07 Å². The van der Waals surface area contributed by atoms with Crippen LogP contribution in [-0.2, 0) is 0 Å². The summed E-state index contributed by atoms with van der Waals surface area (Å²) in [5.41, 5.74) is 2.17. The van der Waals surface area contributed by atoms with E-state index in [9.17, 15) is 4.79 Å². The van der Waals surface area contributed by atoms with Crippen molar-refractivity contribution in [3.63, 3.8) is 0 Å². The molecule has 0 saturated heterocycles. The molecular weight excluding hydrogens is 318 g/mol. The molecule has 0 radical (unpaired) electrons. The molecule has 0 aliphatic carbocycles. The second-order valence-corrected chi connectivity index (χ2v) is 5.14. The first kappa shape index (κ1) is 12.7. The van der Waals surface area contributed by atoms with Crippen LogP contribution in [0.2, 0.25) is 0 Å². The SMILES string of the molecule is O=c1cc(-c2ccncc2)nc(-c2cccc(Br)c2)[nH]1. The highest BCUT2D eigenvalue weighted by molar-refractivity contribution is 9.10. The van der Waals surface area contributed by atoms with Crippen LogP contribution in [0.5, 0.6) is 0 Å². The molecule has 98 valence electrons. The Morgan fingerprint density at radius 3 is 2.55 bits per heavy atom. The van der Waals surface area contributed by atoms with Gasteiger partial charge in [0.1, 0.15) is 5.82 Å². The van der Waals surface area contributed by atoms with Crippen molar-refractivity contribution in [1.29, 1.82) is 0 Å². The Balaban J connectivity index is 2.15. The minimum absolute atomic E-state index is 0.179. The maximum atomic E-state index is 11.8. The number of rotatable bonds is 2. The van der Waals surface area contributed by atoms with E-state index in [4.69, 9.17) is 0 Å². The summed E-state index contributed by atoms with van der Waals surface area (Å²) in [7, 11) is 0. The van der Waals surface area contributed by atoms with Crippen LogP contribution in [0, 0.1) is 0 Å². The summed E-state index contributed by atoms with van der Waals surface area (Å²) in [6.45, 7) is 0. The molecule has 2 aromatic heterocycles. The molecule has 0 saturated carbocycles. The zero-order chi connectivity index (χ0) is 13.9. The van der Waals surface area contributed by atoms with Crippen LogP contribution in [-0.4, -0.2) is 15.0 Å². The van der Waals surface area contributed by atoms with Crippen molar-refractivity contribution in [3.8, 4) is 22.6 Å². The third kappa shape index (κ3) is 2.67. The molecule has 3 rings (SSSR count). The Morgan fingerprint density at radius 2 is 1.80 bits per heavy atom. The van der Waals surface area contributed by atoms with Gasteiger partial charge in [-0.25, -0.2) is 4.98 Å². The molecule has 0 aliphatic rings. The Labute approximate surface area is 123 Å². The number of pyridine rings is 1. The highest BCUT2D eigenvalue weighted by Gasteiger charge is 2.06. The molecule has 1 N–H and O–H groups in total. The number of benzene rings is 1. The molecule has 2 heterocycles. The minimum Gasteiger partial charge on any atom is -0.306 e. The molecule has 0 fully saturated rings. The van der Waals surface area contributed by atoms with Crippen molar-refractivity contribution < 1.29 is 0 Å². The Morgan fingerprint density at radius 1 is 1.00 bits per heavy atom. The number of H-pyrrole nitrogens is 1. The van der Waals surface area contributed by atoms with Gasteiger partial charge >= 0.3 is 0 Å². The van der Waals surface area contributed by atoms with Crippen molar-refractivity contribution in [1.82, 2.24) is 15.0 Å². The van der Waals surface area contributed by atoms with Crippen molar-refractivity contribution in [2.24, 2.45) is 0 Å². The maximum absolute atomic E-state index is 11.8. The van der Waals surface area contributed by atoms with Crippen molar-refractivity contribution in [2.45, 2.75) is 0 Å². The van der Waals surface area contributed by atoms with Crippen molar-refractivity contribution in [2.75, 3.05) is 0 Å². The first-order chi connectivity index (χ1) is 9.72. The quantitative estimate of drug-likeness (QED) is 0.785. The fourth-order valence-corrected chi connectivity index (χ4v) is 2.30. The van der Waals surface area contributed by atoms with Gasteiger partial charge in [0.2, 0.25) is 0 Å². The zero-order valence-corrected chi connectivity index (χ0v) is 12.0. The standard InChI is InChI=1S/C15H10BrN3O/c16-12-3-1-2-11(8-12)15-18-13(9-14(20)19-15)10-4-6-17-7-5-10/h1-9H,(H,18,19,20). The third-order valence-corrected chi connectivity index (χ3v) is 3.31. The predicted molar refractivity (Wildman–Crippen MR) is 81.2 cm³/mol. The van der Waals surface area contributed by atoms with Gasteiger partial charge in [-0.2, -0.15) is 0 Å². The number of hydrogen-bond donors (Lipinski definition) is 1. The summed E-state index contributed by atoms with van der Waals surface area (Å²) < 4.78 is 0.937. The van der Waals surface area contributed by atoms with Crippen molar-refractivity contribution in [3.05, 3.63) is 69.7 Å². The highest BCUT2D eigenvalue weighted by Crippen LogP contribution is 2.21. The van der Waals surface area contributed by atoms with Gasteiger partial charge in [0.15, 0.2) is 0 Å². The average molecular weight is 328 g/mol.